The van der Waals surface area contributed by atoms with Gasteiger partial charge in [-0.05, 0) is 38.9 Å². The second kappa shape index (κ2) is 5.32. The van der Waals surface area contributed by atoms with Crippen molar-refractivity contribution in [2.24, 2.45) is 0 Å². The number of rotatable bonds is 2. The lowest BCUT2D eigenvalue weighted by Crippen LogP contribution is -2.46. The van der Waals surface area contributed by atoms with Crippen LogP contribution >= 0.6 is 0 Å². The van der Waals surface area contributed by atoms with Gasteiger partial charge in [0.15, 0.2) is 0 Å². The molecule has 0 aliphatic carbocycles. The lowest BCUT2D eigenvalue weighted by atomic mass is 10.0. The fraction of sp³-hybridized carbons (Fsp3) is 0.500. The number of likely N-dealkylation sites (N-methyl/N-ethyl adjacent to an activating group) is 1. The van der Waals surface area contributed by atoms with E-state index in [4.69, 9.17) is 0 Å². The zero-order valence-corrected chi connectivity index (χ0v) is 10.6. The third-order valence-corrected chi connectivity index (χ3v) is 3.42. The van der Waals surface area contributed by atoms with Crippen LogP contribution in [-0.2, 0) is 0 Å². The minimum absolute atomic E-state index is 0.157. The summed E-state index contributed by atoms with van der Waals surface area (Å²) in [6.07, 6.45) is 2.25. The van der Waals surface area contributed by atoms with Crippen molar-refractivity contribution in [3.8, 4) is 0 Å². The Bertz CT molecular complexity index is 386. The molecule has 1 amide bonds. The molecule has 1 unspecified atom stereocenters. The van der Waals surface area contributed by atoms with Gasteiger partial charge in [-0.3, -0.25) is 4.79 Å². The van der Waals surface area contributed by atoms with Gasteiger partial charge in [-0.1, -0.05) is 17.7 Å². The molecule has 0 bridgehead atoms. The van der Waals surface area contributed by atoms with E-state index < -0.39 is 0 Å². The zero-order chi connectivity index (χ0) is 12.3. The normalized spacial score (nSPS) is 20.4. The zero-order valence-electron chi connectivity index (χ0n) is 10.6. The molecule has 0 spiro atoms. The second-order valence-electron chi connectivity index (χ2n) is 4.75. The van der Waals surface area contributed by atoms with Crippen molar-refractivity contribution in [3.63, 3.8) is 0 Å². The van der Waals surface area contributed by atoms with Gasteiger partial charge < -0.3 is 10.2 Å². The number of hydrogen-bond acceptors (Lipinski definition) is 2. The van der Waals surface area contributed by atoms with Gasteiger partial charge in [0.05, 0.1) is 0 Å². The molecular weight excluding hydrogens is 212 g/mol. The standard InChI is InChI=1S/C14H20N2O/c1-11-5-7-12(8-6-11)14(17)16-9-3-4-13(10-16)15-2/h5-8,13,15H,3-4,9-10H2,1-2H3. The molecule has 0 radical (unpaired) electrons. The number of benzene rings is 1. The highest BCUT2D eigenvalue weighted by atomic mass is 16.2. The third-order valence-electron chi connectivity index (χ3n) is 3.42. The SMILES string of the molecule is CNC1CCCN(C(=O)c2ccc(C)cc2)C1. The number of carbonyl (C=O) groups excluding carboxylic acids is 1. The van der Waals surface area contributed by atoms with Gasteiger partial charge in [-0.2, -0.15) is 0 Å². The molecule has 3 heteroatoms. The van der Waals surface area contributed by atoms with Crippen LogP contribution in [-0.4, -0.2) is 37.0 Å². The molecular formula is C14H20N2O. The van der Waals surface area contributed by atoms with Gasteiger partial charge in [0.2, 0.25) is 0 Å². The van der Waals surface area contributed by atoms with Crippen molar-refractivity contribution < 1.29 is 4.79 Å². The average Bonchev–Trinajstić information content (AvgIpc) is 2.39. The molecule has 92 valence electrons. The van der Waals surface area contributed by atoms with Crippen molar-refractivity contribution in [3.05, 3.63) is 35.4 Å². The molecule has 1 aromatic rings. The fourth-order valence-electron chi connectivity index (χ4n) is 2.28. The summed E-state index contributed by atoms with van der Waals surface area (Å²) >= 11 is 0. The number of amides is 1. The van der Waals surface area contributed by atoms with Crippen LogP contribution in [0, 0.1) is 6.92 Å². The first kappa shape index (κ1) is 12.1. The highest BCUT2D eigenvalue weighted by Gasteiger charge is 2.23. The van der Waals surface area contributed by atoms with E-state index in [0.717, 1.165) is 31.5 Å². The largest absolute Gasteiger partial charge is 0.337 e. The van der Waals surface area contributed by atoms with Crippen LogP contribution in [0.2, 0.25) is 0 Å². The molecule has 1 aliphatic rings. The van der Waals surface area contributed by atoms with E-state index in [1.54, 1.807) is 0 Å². The number of nitrogens with zero attached hydrogens (tertiary/aromatic N) is 1. The highest BCUT2D eigenvalue weighted by Crippen LogP contribution is 2.14. The first-order valence-electron chi connectivity index (χ1n) is 6.24. The van der Waals surface area contributed by atoms with Gasteiger partial charge >= 0.3 is 0 Å². The molecule has 1 aliphatic heterocycles. The monoisotopic (exact) mass is 232 g/mol. The molecule has 0 saturated carbocycles. The number of nitrogens with one attached hydrogen (secondary N) is 1. The molecule has 1 atom stereocenters. The van der Waals surface area contributed by atoms with E-state index in [1.165, 1.54) is 5.56 Å². The minimum Gasteiger partial charge on any atom is -0.337 e. The topological polar surface area (TPSA) is 32.3 Å². The molecule has 1 heterocycles. The Morgan fingerprint density at radius 2 is 2.06 bits per heavy atom. The van der Waals surface area contributed by atoms with E-state index in [0.29, 0.717) is 6.04 Å². The Labute approximate surface area is 103 Å². The van der Waals surface area contributed by atoms with Crippen LogP contribution < -0.4 is 5.32 Å². The molecule has 3 nitrogen and oxygen atoms in total. The Morgan fingerprint density at radius 3 is 2.71 bits per heavy atom. The number of likely N-dealkylation sites (tertiary alicyclic amines) is 1. The van der Waals surface area contributed by atoms with Crippen LogP contribution in [0.1, 0.15) is 28.8 Å². The Balaban J connectivity index is 2.06. The van der Waals surface area contributed by atoms with Crippen molar-refractivity contribution in [2.45, 2.75) is 25.8 Å². The first-order valence-corrected chi connectivity index (χ1v) is 6.24. The van der Waals surface area contributed by atoms with E-state index in [9.17, 15) is 4.79 Å². The quantitative estimate of drug-likeness (QED) is 0.843. The third kappa shape index (κ3) is 2.86. The van der Waals surface area contributed by atoms with Gasteiger partial charge in [-0.25, -0.2) is 0 Å². The highest BCUT2D eigenvalue weighted by molar-refractivity contribution is 5.94. The van der Waals surface area contributed by atoms with E-state index in [-0.39, 0.29) is 5.91 Å². The number of aryl methyl sites for hydroxylation is 1. The summed E-state index contributed by atoms with van der Waals surface area (Å²) in [5.74, 6) is 0.157. The fourth-order valence-corrected chi connectivity index (χ4v) is 2.28. The Hall–Kier alpha value is -1.35. The van der Waals surface area contributed by atoms with Crippen LogP contribution in [0.3, 0.4) is 0 Å². The maximum absolute atomic E-state index is 12.3. The van der Waals surface area contributed by atoms with Crippen molar-refractivity contribution >= 4 is 5.91 Å². The van der Waals surface area contributed by atoms with E-state index >= 15 is 0 Å². The molecule has 0 aromatic heterocycles. The molecule has 1 fully saturated rings. The van der Waals surface area contributed by atoms with Crippen LogP contribution in [0.4, 0.5) is 0 Å². The summed E-state index contributed by atoms with van der Waals surface area (Å²) in [5, 5.41) is 3.26. The maximum atomic E-state index is 12.3. The summed E-state index contributed by atoms with van der Waals surface area (Å²) in [6.45, 7) is 3.74. The summed E-state index contributed by atoms with van der Waals surface area (Å²) in [7, 11) is 1.96. The smallest absolute Gasteiger partial charge is 0.253 e. The lowest BCUT2D eigenvalue weighted by molar-refractivity contribution is 0.0698. The molecule has 1 aromatic carbocycles. The molecule has 17 heavy (non-hydrogen) atoms. The number of carbonyl (C=O) groups is 1. The summed E-state index contributed by atoms with van der Waals surface area (Å²) in [5.41, 5.74) is 1.99. The predicted octanol–water partition coefficient (Wildman–Crippen LogP) is 1.82. The molecule has 1 N–H and O–H groups in total. The predicted molar refractivity (Wildman–Crippen MR) is 69.2 cm³/mol. The van der Waals surface area contributed by atoms with Crippen LogP contribution in [0.5, 0.6) is 0 Å². The second-order valence-corrected chi connectivity index (χ2v) is 4.75. The Kier molecular flexibility index (Phi) is 3.79. The van der Waals surface area contributed by atoms with Crippen molar-refractivity contribution in [2.75, 3.05) is 20.1 Å². The molecule has 2 rings (SSSR count). The minimum atomic E-state index is 0.157. The Morgan fingerprint density at radius 1 is 1.35 bits per heavy atom. The van der Waals surface area contributed by atoms with Gasteiger partial charge in [-0.15, -0.1) is 0 Å². The summed E-state index contributed by atoms with van der Waals surface area (Å²) < 4.78 is 0. The van der Waals surface area contributed by atoms with Gasteiger partial charge in [0, 0.05) is 24.7 Å². The van der Waals surface area contributed by atoms with Gasteiger partial charge in [0.1, 0.15) is 0 Å². The van der Waals surface area contributed by atoms with E-state index in [2.05, 4.69) is 5.32 Å². The lowest BCUT2D eigenvalue weighted by Gasteiger charge is -2.32. The summed E-state index contributed by atoms with van der Waals surface area (Å²) in [6, 6.07) is 8.26. The molecule has 1 saturated heterocycles. The van der Waals surface area contributed by atoms with Crippen LogP contribution in [0.15, 0.2) is 24.3 Å². The van der Waals surface area contributed by atoms with E-state index in [1.807, 2.05) is 43.1 Å². The first-order chi connectivity index (χ1) is 8.20. The van der Waals surface area contributed by atoms with Crippen LogP contribution in [0.25, 0.3) is 0 Å². The maximum Gasteiger partial charge on any atom is 0.253 e. The van der Waals surface area contributed by atoms with Gasteiger partial charge in [0.25, 0.3) is 5.91 Å². The summed E-state index contributed by atoms with van der Waals surface area (Å²) in [4.78, 5) is 14.2. The average molecular weight is 232 g/mol. The number of hydrogen-bond donors (Lipinski definition) is 1. The number of piperidine rings is 1. The van der Waals surface area contributed by atoms with Crippen molar-refractivity contribution in [1.82, 2.24) is 10.2 Å². The van der Waals surface area contributed by atoms with Crippen molar-refractivity contribution in [1.29, 1.82) is 0 Å².